The minimum atomic E-state index is 0.506. The van der Waals surface area contributed by atoms with E-state index in [1.165, 1.54) is 0 Å². The monoisotopic (exact) mass is 146 g/mol. The van der Waals surface area contributed by atoms with E-state index in [-0.39, 0.29) is 0 Å². The summed E-state index contributed by atoms with van der Waals surface area (Å²) in [5.41, 5.74) is 0. The van der Waals surface area contributed by atoms with Gasteiger partial charge in [0.1, 0.15) is 0 Å². The Morgan fingerprint density at radius 2 is 2.18 bits per heavy atom. The largest absolute Gasteiger partial charge is 0.339 e. The number of fused-ring (bicyclic) bond motifs is 1. The second-order valence-electron chi connectivity index (χ2n) is 3.26. The summed E-state index contributed by atoms with van der Waals surface area (Å²) in [5.74, 6) is 4.63. The Balaban J connectivity index is 1.85. The van der Waals surface area contributed by atoms with Crippen molar-refractivity contribution in [3.63, 3.8) is 0 Å². The molecular weight excluding hydrogens is 137 g/mol. The van der Waals surface area contributed by atoms with Gasteiger partial charge >= 0.3 is 0 Å². The van der Waals surface area contributed by atoms with E-state index in [1.54, 1.807) is 7.41 Å². The molecule has 0 aromatic heterocycles. The number of terminal acetylenes is 1. The minimum absolute atomic E-state index is 0.506. The van der Waals surface area contributed by atoms with Crippen molar-refractivity contribution >= 4 is 13.6 Å². The van der Waals surface area contributed by atoms with E-state index >= 15 is 0 Å². The first-order valence-electron chi connectivity index (χ1n) is 3.85. The lowest BCUT2D eigenvalue weighted by Crippen LogP contribution is -2.29. The Morgan fingerprint density at radius 3 is 2.64 bits per heavy atom. The Bertz CT molecular complexity index is 211. The van der Waals surface area contributed by atoms with Crippen molar-refractivity contribution in [2.24, 2.45) is 17.8 Å². The smallest absolute Gasteiger partial charge is 0.293 e. The highest BCUT2D eigenvalue weighted by Crippen LogP contribution is 2.50. The van der Waals surface area contributed by atoms with E-state index in [0.717, 1.165) is 19.3 Å². The summed E-state index contributed by atoms with van der Waals surface area (Å²) in [4.78, 5) is 12.1. The van der Waals surface area contributed by atoms with Crippen LogP contribution in [-0.4, -0.2) is 31.5 Å². The molecule has 11 heavy (non-hydrogen) atoms. The first-order valence-corrected chi connectivity index (χ1v) is 3.85. The molecule has 2 rings (SSSR count). The lowest BCUT2D eigenvalue weighted by Gasteiger charge is -2.12. The number of carbonyl (C=O) groups is 1. The van der Waals surface area contributed by atoms with Crippen LogP contribution in [0.4, 0.5) is 0 Å². The normalized spacial score (nSPS) is 40.8. The third-order valence-electron chi connectivity index (χ3n) is 2.69. The molecule has 1 saturated carbocycles. The Hall–Kier alpha value is -0.745. The number of piperidine rings is 1. The predicted molar refractivity (Wildman–Crippen MR) is 43.4 cm³/mol. The van der Waals surface area contributed by atoms with E-state index in [9.17, 15) is 4.79 Å². The number of nitrogens with zero attached hydrogens (tertiary/aromatic N) is 1. The van der Waals surface area contributed by atoms with Crippen LogP contribution >= 0.6 is 0 Å². The van der Waals surface area contributed by atoms with Crippen molar-refractivity contribution in [1.29, 1.82) is 0 Å². The van der Waals surface area contributed by atoms with Gasteiger partial charge < -0.3 is 9.61 Å². The van der Waals surface area contributed by atoms with Crippen molar-refractivity contribution in [3.05, 3.63) is 0 Å². The molecule has 0 spiro atoms. The van der Waals surface area contributed by atoms with Crippen LogP contribution < -0.4 is 0 Å². The summed E-state index contributed by atoms with van der Waals surface area (Å²) < 4.78 is 0. The van der Waals surface area contributed by atoms with Crippen molar-refractivity contribution in [2.45, 2.75) is 0 Å². The summed E-state index contributed by atoms with van der Waals surface area (Å²) >= 11 is 0. The topological polar surface area (TPSA) is 20.3 Å². The maximum absolute atomic E-state index is 10.1. The molecule has 0 bridgehead atoms. The second-order valence-corrected chi connectivity index (χ2v) is 3.26. The Morgan fingerprint density at radius 1 is 1.55 bits per heavy atom. The van der Waals surface area contributed by atoms with Gasteiger partial charge in [0, 0.05) is 5.92 Å². The van der Waals surface area contributed by atoms with Crippen LogP contribution in [0.25, 0.3) is 0 Å². The van der Waals surface area contributed by atoms with E-state index in [2.05, 4.69) is 10.7 Å². The summed E-state index contributed by atoms with van der Waals surface area (Å²) in [5, 5.41) is 0. The third kappa shape index (κ3) is 0.984. The molecule has 2 aliphatic rings. The van der Waals surface area contributed by atoms with E-state index < -0.39 is 0 Å². The van der Waals surface area contributed by atoms with Crippen LogP contribution in [0.3, 0.4) is 0 Å². The number of hydrogen-bond acceptors (Lipinski definition) is 2. The van der Waals surface area contributed by atoms with Crippen molar-refractivity contribution in [1.82, 2.24) is 4.81 Å². The maximum atomic E-state index is 10.1. The highest BCUT2D eigenvalue weighted by molar-refractivity contribution is 6.64. The van der Waals surface area contributed by atoms with Gasteiger partial charge in [-0.05, 0) is 24.9 Å². The van der Waals surface area contributed by atoms with Crippen LogP contribution in [0.15, 0.2) is 0 Å². The standard InChI is InChI=1S/C8H9BNO/c1-2-6-7-3-10(9-5-11)4-8(6)7/h1,5-8H,3-4H2/t6?,7-,8+. The van der Waals surface area contributed by atoms with Crippen LogP contribution in [0.2, 0.25) is 0 Å². The maximum Gasteiger partial charge on any atom is 0.293 e. The van der Waals surface area contributed by atoms with Gasteiger partial charge in [-0.3, -0.25) is 0 Å². The van der Waals surface area contributed by atoms with Gasteiger partial charge in [-0.15, -0.1) is 12.3 Å². The second kappa shape index (κ2) is 2.39. The predicted octanol–water partition coefficient (Wildman–Crippen LogP) is -0.393. The molecule has 3 heteroatoms. The average Bonchev–Trinajstić information content (AvgIpc) is 2.47. The first kappa shape index (κ1) is 6.93. The molecule has 2 fully saturated rings. The highest BCUT2D eigenvalue weighted by Gasteiger charge is 2.54. The van der Waals surface area contributed by atoms with E-state index in [0.29, 0.717) is 17.8 Å². The number of carbonyl (C=O) groups excluding carboxylic acids is 1. The number of hydrogen-bond donors (Lipinski definition) is 0. The van der Waals surface area contributed by atoms with Gasteiger partial charge in [-0.2, -0.15) is 0 Å². The molecule has 1 aliphatic heterocycles. The fourth-order valence-corrected chi connectivity index (χ4v) is 2.01. The van der Waals surface area contributed by atoms with Gasteiger partial charge in [0.15, 0.2) is 0 Å². The molecule has 1 heterocycles. The van der Waals surface area contributed by atoms with Crippen molar-refractivity contribution in [3.8, 4) is 12.3 Å². The molecule has 0 N–H and O–H groups in total. The lowest BCUT2D eigenvalue weighted by molar-refractivity contribution is 0.469. The van der Waals surface area contributed by atoms with E-state index in [4.69, 9.17) is 6.42 Å². The summed E-state index contributed by atoms with van der Waals surface area (Å²) in [6, 6.07) is 0. The summed E-state index contributed by atoms with van der Waals surface area (Å²) in [6.45, 7) is 1.97. The zero-order valence-corrected chi connectivity index (χ0v) is 6.23. The summed E-state index contributed by atoms with van der Waals surface area (Å²) in [6.07, 6.45) is 6.14. The highest BCUT2D eigenvalue weighted by atomic mass is 16.1. The summed E-state index contributed by atoms with van der Waals surface area (Å²) in [7, 11) is 1.61. The van der Waals surface area contributed by atoms with Gasteiger partial charge in [-0.25, -0.2) is 0 Å². The molecule has 0 aromatic rings. The third-order valence-corrected chi connectivity index (χ3v) is 2.69. The molecule has 1 aliphatic carbocycles. The quantitative estimate of drug-likeness (QED) is 0.300. The molecule has 2 nitrogen and oxygen atoms in total. The Kier molecular flexibility index (Phi) is 1.50. The average molecular weight is 146 g/mol. The first-order chi connectivity index (χ1) is 5.36. The number of rotatable bonds is 2. The van der Waals surface area contributed by atoms with Crippen molar-refractivity contribution < 1.29 is 4.79 Å². The molecule has 1 radical (unpaired) electrons. The molecule has 0 amide bonds. The molecule has 1 saturated heterocycles. The van der Waals surface area contributed by atoms with Gasteiger partial charge in [0.25, 0.3) is 7.41 Å². The van der Waals surface area contributed by atoms with E-state index in [1.807, 2.05) is 0 Å². The molecule has 1 unspecified atom stereocenters. The Labute approximate surface area is 67.2 Å². The van der Waals surface area contributed by atoms with Crippen LogP contribution in [-0.2, 0) is 4.79 Å². The van der Waals surface area contributed by atoms with Crippen LogP contribution in [0, 0.1) is 30.1 Å². The molecular formula is C8H9BNO. The fourth-order valence-electron chi connectivity index (χ4n) is 2.01. The van der Waals surface area contributed by atoms with Crippen LogP contribution in [0.1, 0.15) is 0 Å². The molecule has 55 valence electrons. The fraction of sp³-hybridized carbons (Fsp3) is 0.625. The minimum Gasteiger partial charge on any atom is -0.339 e. The SMILES string of the molecule is C#CC1[C@H]2CN([B]C=O)C[C@@H]12. The van der Waals surface area contributed by atoms with Gasteiger partial charge in [-0.1, -0.05) is 0 Å². The van der Waals surface area contributed by atoms with Gasteiger partial charge in [0.05, 0.1) is 6.19 Å². The zero-order valence-electron chi connectivity index (χ0n) is 6.23. The zero-order chi connectivity index (χ0) is 7.84. The lowest BCUT2D eigenvalue weighted by atomic mass is 9.94. The van der Waals surface area contributed by atoms with Crippen molar-refractivity contribution in [2.75, 3.05) is 13.1 Å². The van der Waals surface area contributed by atoms with Gasteiger partial charge in [0.2, 0.25) is 0 Å². The molecule has 3 atom stereocenters. The van der Waals surface area contributed by atoms with Crippen LogP contribution in [0.5, 0.6) is 0 Å². The molecule has 0 aromatic carbocycles.